The van der Waals surface area contributed by atoms with Gasteiger partial charge in [-0.1, -0.05) is 28.1 Å². The molecular weight excluding hydrogens is 452 g/mol. The third-order valence-electron chi connectivity index (χ3n) is 4.55. The van der Waals surface area contributed by atoms with Crippen LogP contribution < -0.4 is 0 Å². The standard InChI is InChI=1S/C22H19BrN2O5/c1-22(2,3)30-21(28)24-11-13(17-10-14(23)8-9-18(17)24)12-29-25-19(26)15-6-4-5-7-16(15)20(25)27/h4-11H,12H2,1-3H3. The minimum Gasteiger partial charge on any atom is -0.443 e. The predicted molar refractivity (Wildman–Crippen MR) is 113 cm³/mol. The SMILES string of the molecule is CC(C)(C)OC(=O)n1cc(CON2C(=O)c3ccccc3C2=O)c2cc(Br)ccc21. The first-order valence-electron chi connectivity index (χ1n) is 9.29. The van der Waals surface area contributed by atoms with Gasteiger partial charge in [-0.05, 0) is 51.1 Å². The van der Waals surface area contributed by atoms with Gasteiger partial charge in [0.15, 0.2) is 0 Å². The minimum atomic E-state index is -0.653. The molecule has 0 radical (unpaired) electrons. The van der Waals surface area contributed by atoms with Crippen molar-refractivity contribution in [3.05, 3.63) is 69.8 Å². The maximum Gasteiger partial charge on any atom is 0.419 e. The van der Waals surface area contributed by atoms with Gasteiger partial charge >= 0.3 is 6.09 Å². The van der Waals surface area contributed by atoms with Gasteiger partial charge in [0.05, 0.1) is 16.6 Å². The molecule has 2 amide bonds. The highest BCUT2D eigenvalue weighted by Crippen LogP contribution is 2.28. The molecule has 2 aromatic carbocycles. The third kappa shape index (κ3) is 3.64. The molecule has 0 atom stereocenters. The lowest BCUT2D eigenvalue weighted by molar-refractivity contribution is -0.100. The van der Waals surface area contributed by atoms with E-state index in [-0.39, 0.29) is 6.61 Å². The second-order valence-electron chi connectivity index (χ2n) is 7.89. The quantitative estimate of drug-likeness (QED) is 0.507. The number of imide groups is 1. The van der Waals surface area contributed by atoms with Gasteiger partial charge in [-0.3, -0.25) is 19.0 Å². The number of carbonyl (C=O) groups is 3. The number of ether oxygens (including phenoxy) is 1. The van der Waals surface area contributed by atoms with Gasteiger partial charge in [0.1, 0.15) is 12.2 Å². The van der Waals surface area contributed by atoms with Crippen molar-refractivity contribution in [2.24, 2.45) is 0 Å². The summed E-state index contributed by atoms with van der Waals surface area (Å²) in [5, 5.41) is 1.51. The normalized spacial score (nSPS) is 13.8. The van der Waals surface area contributed by atoms with E-state index in [1.54, 1.807) is 57.3 Å². The van der Waals surface area contributed by atoms with Crippen molar-refractivity contribution < 1.29 is 24.0 Å². The average Bonchev–Trinajstić information content (AvgIpc) is 3.15. The van der Waals surface area contributed by atoms with E-state index in [2.05, 4.69) is 15.9 Å². The lowest BCUT2D eigenvalue weighted by atomic mass is 10.1. The fourth-order valence-electron chi connectivity index (χ4n) is 3.27. The molecule has 0 bridgehead atoms. The number of carbonyl (C=O) groups excluding carboxylic acids is 3. The summed E-state index contributed by atoms with van der Waals surface area (Å²) in [6.45, 7) is 5.30. The zero-order valence-electron chi connectivity index (χ0n) is 16.6. The average molecular weight is 471 g/mol. The molecule has 0 aliphatic carbocycles. The van der Waals surface area contributed by atoms with Crippen molar-refractivity contribution in [1.29, 1.82) is 0 Å². The van der Waals surface area contributed by atoms with Crippen molar-refractivity contribution in [3.63, 3.8) is 0 Å². The van der Waals surface area contributed by atoms with E-state index < -0.39 is 23.5 Å². The molecule has 154 valence electrons. The number of amides is 2. The second-order valence-corrected chi connectivity index (χ2v) is 8.81. The summed E-state index contributed by atoms with van der Waals surface area (Å²) in [7, 11) is 0. The van der Waals surface area contributed by atoms with Crippen molar-refractivity contribution in [2.75, 3.05) is 0 Å². The molecule has 3 aromatic rings. The number of fused-ring (bicyclic) bond motifs is 2. The number of hydrogen-bond donors (Lipinski definition) is 0. The summed E-state index contributed by atoms with van der Waals surface area (Å²) in [5.41, 5.74) is 1.23. The van der Waals surface area contributed by atoms with Gasteiger partial charge in [0, 0.05) is 21.6 Å². The number of aromatic nitrogens is 1. The molecule has 2 heterocycles. The highest BCUT2D eigenvalue weighted by molar-refractivity contribution is 9.10. The second kappa shape index (κ2) is 7.37. The van der Waals surface area contributed by atoms with Crippen LogP contribution in [0.5, 0.6) is 0 Å². The largest absolute Gasteiger partial charge is 0.443 e. The Balaban J connectivity index is 1.64. The topological polar surface area (TPSA) is 77.8 Å². The van der Waals surface area contributed by atoms with E-state index in [0.29, 0.717) is 22.2 Å². The van der Waals surface area contributed by atoms with Crippen LogP contribution in [-0.2, 0) is 16.2 Å². The summed E-state index contributed by atoms with van der Waals surface area (Å²) in [6.07, 6.45) is 1.07. The fourth-order valence-corrected chi connectivity index (χ4v) is 3.63. The monoisotopic (exact) mass is 470 g/mol. The van der Waals surface area contributed by atoms with E-state index >= 15 is 0 Å². The van der Waals surface area contributed by atoms with E-state index in [1.807, 2.05) is 12.1 Å². The van der Waals surface area contributed by atoms with Crippen molar-refractivity contribution in [1.82, 2.24) is 9.63 Å². The van der Waals surface area contributed by atoms with Crippen LogP contribution in [0.25, 0.3) is 10.9 Å². The van der Waals surface area contributed by atoms with E-state index in [9.17, 15) is 14.4 Å². The summed E-state index contributed by atoms with van der Waals surface area (Å²) < 4.78 is 7.70. The summed E-state index contributed by atoms with van der Waals surface area (Å²) in [6, 6.07) is 12.0. The molecule has 0 fully saturated rings. The summed E-state index contributed by atoms with van der Waals surface area (Å²) >= 11 is 3.43. The molecular formula is C22H19BrN2O5. The van der Waals surface area contributed by atoms with Crippen LogP contribution >= 0.6 is 15.9 Å². The van der Waals surface area contributed by atoms with E-state index in [1.165, 1.54) is 4.57 Å². The summed E-state index contributed by atoms with van der Waals surface area (Å²) in [5.74, 6) is -1.01. The Morgan fingerprint density at radius 1 is 1.03 bits per heavy atom. The Morgan fingerprint density at radius 2 is 1.67 bits per heavy atom. The Labute approximate surface area is 181 Å². The van der Waals surface area contributed by atoms with Gasteiger partial charge in [-0.25, -0.2) is 4.79 Å². The molecule has 7 nitrogen and oxygen atoms in total. The summed E-state index contributed by atoms with van der Waals surface area (Å²) in [4.78, 5) is 43.3. The number of benzene rings is 2. The molecule has 30 heavy (non-hydrogen) atoms. The van der Waals surface area contributed by atoms with Crippen molar-refractivity contribution in [2.45, 2.75) is 33.0 Å². The zero-order chi connectivity index (χ0) is 21.6. The van der Waals surface area contributed by atoms with Gasteiger partial charge in [0.2, 0.25) is 0 Å². The lowest BCUT2D eigenvalue weighted by Gasteiger charge is -2.19. The number of halogens is 1. The van der Waals surface area contributed by atoms with Crippen LogP contribution in [-0.4, -0.2) is 33.1 Å². The third-order valence-corrected chi connectivity index (χ3v) is 5.04. The fraction of sp³-hybridized carbons (Fsp3) is 0.227. The van der Waals surface area contributed by atoms with Crippen LogP contribution in [0.1, 0.15) is 47.1 Å². The highest BCUT2D eigenvalue weighted by atomic mass is 79.9. The van der Waals surface area contributed by atoms with E-state index in [0.717, 1.165) is 14.9 Å². The van der Waals surface area contributed by atoms with Crippen molar-refractivity contribution >= 4 is 44.7 Å². The molecule has 0 N–H and O–H groups in total. The zero-order valence-corrected chi connectivity index (χ0v) is 18.2. The number of rotatable bonds is 3. The number of hydroxylamine groups is 2. The molecule has 1 aliphatic rings. The van der Waals surface area contributed by atoms with Crippen LogP contribution in [0.4, 0.5) is 4.79 Å². The first-order chi connectivity index (χ1) is 14.2. The lowest BCUT2D eigenvalue weighted by Crippen LogP contribution is -2.29. The molecule has 0 saturated carbocycles. The van der Waals surface area contributed by atoms with Crippen LogP contribution in [0, 0.1) is 0 Å². The van der Waals surface area contributed by atoms with Crippen LogP contribution in [0.2, 0.25) is 0 Å². The molecule has 0 spiro atoms. The van der Waals surface area contributed by atoms with Gasteiger partial charge in [0.25, 0.3) is 11.8 Å². The molecule has 8 heteroatoms. The van der Waals surface area contributed by atoms with Crippen LogP contribution in [0.3, 0.4) is 0 Å². The predicted octanol–water partition coefficient (Wildman–Crippen LogP) is 4.91. The van der Waals surface area contributed by atoms with Gasteiger partial charge in [-0.15, -0.1) is 5.06 Å². The molecule has 0 saturated heterocycles. The Morgan fingerprint density at radius 3 is 2.27 bits per heavy atom. The van der Waals surface area contributed by atoms with Gasteiger partial charge < -0.3 is 4.74 Å². The minimum absolute atomic E-state index is 0.0752. The highest BCUT2D eigenvalue weighted by Gasteiger charge is 2.36. The smallest absolute Gasteiger partial charge is 0.419 e. The first kappa shape index (κ1) is 20.3. The molecule has 4 rings (SSSR count). The maximum absolute atomic E-state index is 12.7. The maximum atomic E-state index is 12.7. The van der Waals surface area contributed by atoms with Crippen LogP contribution in [0.15, 0.2) is 53.1 Å². The number of hydrogen-bond acceptors (Lipinski definition) is 5. The number of nitrogens with zero attached hydrogens (tertiary/aromatic N) is 2. The Kier molecular flexibility index (Phi) is 4.99. The van der Waals surface area contributed by atoms with Gasteiger partial charge in [-0.2, -0.15) is 0 Å². The Bertz CT molecular complexity index is 1160. The Hall–Kier alpha value is -2.97. The first-order valence-corrected chi connectivity index (χ1v) is 10.1. The molecule has 0 unspecified atom stereocenters. The van der Waals surface area contributed by atoms with E-state index in [4.69, 9.17) is 9.57 Å². The molecule has 1 aliphatic heterocycles. The molecule has 1 aromatic heterocycles. The van der Waals surface area contributed by atoms with Crippen molar-refractivity contribution in [3.8, 4) is 0 Å².